The van der Waals surface area contributed by atoms with Gasteiger partial charge < -0.3 is 10.1 Å². The summed E-state index contributed by atoms with van der Waals surface area (Å²) < 4.78 is 5.50. The number of aromatic nitrogens is 2. The fourth-order valence-electron chi connectivity index (χ4n) is 1.81. The molecule has 19 heavy (non-hydrogen) atoms. The number of anilines is 1. The molecule has 1 N–H and O–H groups in total. The van der Waals surface area contributed by atoms with E-state index < -0.39 is 0 Å². The highest BCUT2D eigenvalue weighted by Crippen LogP contribution is 2.38. The van der Waals surface area contributed by atoms with E-state index in [0.717, 1.165) is 37.6 Å². The Bertz CT molecular complexity index is 408. The Morgan fingerprint density at radius 2 is 2.16 bits per heavy atom. The van der Waals surface area contributed by atoms with Crippen LogP contribution >= 0.6 is 11.6 Å². The Labute approximate surface area is 119 Å². The van der Waals surface area contributed by atoms with Gasteiger partial charge in [-0.05, 0) is 39.5 Å². The monoisotopic (exact) mass is 283 g/mol. The van der Waals surface area contributed by atoms with Crippen LogP contribution in [0.2, 0.25) is 5.15 Å². The Hall–Kier alpha value is -0.870. The van der Waals surface area contributed by atoms with Gasteiger partial charge in [0.15, 0.2) is 0 Å². The smallest absolute Gasteiger partial charge is 0.135 e. The lowest BCUT2D eigenvalue weighted by Crippen LogP contribution is -2.08. The molecule has 0 radical (unpaired) electrons. The number of halogens is 1. The SMILES string of the molecule is CC(C)OCCCCNc1cc(Cl)nc(C2CC2)n1. The van der Waals surface area contributed by atoms with Gasteiger partial charge in [-0.15, -0.1) is 0 Å². The number of rotatable bonds is 8. The highest BCUT2D eigenvalue weighted by atomic mass is 35.5. The third-order valence-electron chi connectivity index (χ3n) is 2.98. The third-order valence-corrected chi connectivity index (χ3v) is 3.18. The lowest BCUT2D eigenvalue weighted by Gasteiger charge is -2.09. The Balaban J connectivity index is 1.70. The molecule has 1 saturated carbocycles. The van der Waals surface area contributed by atoms with Gasteiger partial charge >= 0.3 is 0 Å². The molecule has 0 atom stereocenters. The van der Waals surface area contributed by atoms with Crippen molar-refractivity contribution in [1.82, 2.24) is 9.97 Å². The molecule has 0 aromatic carbocycles. The van der Waals surface area contributed by atoms with Crippen molar-refractivity contribution in [3.05, 3.63) is 17.0 Å². The number of hydrogen-bond acceptors (Lipinski definition) is 4. The van der Waals surface area contributed by atoms with E-state index in [-0.39, 0.29) is 0 Å². The summed E-state index contributed by atoms with van der Waals surface area (Å²) in [6.45, 7) is 5.82. The zero-order valence-electron chi connectivity index (χ0n) is 11.7. The molecular formula is C14H22ClN3O. The van der Waals surface area contributed by atoms with E-state index in [0.29, 0.717) is 17.2 Å². The van der Waals surface area contributed by atoms with Crippen molar-refractivity contribution in [2.75, 3.05) is 18.5 Å². The van der Waals surface area contributed by atoms with Gasteiger partial charge in [-0.25, -0.2) is 9.97 Å². The number of ether oxygens (including phenoxy) is 1. The van der Waals surface area contributed by atoms with E-state index in [2.05, 4.69) is 29.1 Å². The van der Waals surface area contributed by atoms with Crippen molar-refractivity contribution in [2.45, 2.75) is 51.6 Å². The van der Waals surface area contributed by atoms with Crippen LogP contribution in [-0.4, -0.2) is 29.2 Å². The molecule has 0 saturated heterocycles. The van der Waals surface area contributed by atoms with Gasteiger partial charge in [-0.1, -0.05) is 11.6 Å². The molecule has 1 aromatic heterocycles. The Morgan fingerprint density at radius 3 is 2.84 bits per heavy atom. The predicted octanol–water partition coefficient (Wildman–Crippen LogP) is 3.62. The molecule has 0 spiro atoms. The largest absolute Gasteiger partial charge is 0.379 e. The number of unbranched alkanes of at least 4 members (excludes halogenated alkanes) is 1. The summed E-state index contributed by atoms with van der Waals surface area (Å²) in [6.07, 6.45) is 4.81. The summed E-state index contributed by atoms with van der Waals surface area (Å²) >= 11 is 6.01. The maximum atomic E-state index is 6.01. The van der Waals surface area contributed by atoms with E-state index in [9.17, 15) is 0 Å². The van der Waals surface area contributed by atoms with Gasteiger partial charge in [0, 0.05) is 25.1 Å². The average molecular weight is 284 g/mol. The first kappa shape index (κ1) is 14.5. The summed E-state index contributed by atoms with van der Waals surface area (Å²) in [6, 6.07) is 1.79. The van der Waals surface area contributed by atoms with Crippen molar-refractivity contribution < 1.29 is 4.74 Å². The van der Waals surface area contributed by atoms with Gasteiger partial charge in [-0.3, -0.25) is 0 Å². The minimum absolute atomic E-state index is 0.315. The van der Waals surface area contributed by atoms with Crippen LogP contribution in [0.4, 0.5) is 5.82 Å². The van der Waals surface area contributed by atoms with Gasteiger partial charge in [0.1, 0.15) is 16.8 Å². The lowest BCUT2D eigenvalue weighted by atomic mass is 10.3. The summed E-state index contributed by atoms with van der Waals surface area (Å²) in [7, 11) is 0. The van der Waals surface area contributed by atoms with Crippen molar-refractivity contribution in [3.63, 3.8) is 0 Å². The quantitative estimate of drug-likeness (QED) is 0.585. The van der Waals surface area contributed by atoms with Crippen LogP contribution in [0, 0.1) is 0 Å². The average Bonchev–Trinajstić information content (AvgIpc) is 3.16. The third kappa shape index (κ3) is 5.33. The van der Waals surface area contributed by atoms with Crippen LogP contribution in [-0.2, 0) is 4.74 Å². The zero-order valence-corrected chi connectivity index (χ0v) is 12.4. The summed E-state index contributed by atoms with van der Waals surface area (Å²) in [4.78, 5) is 8.77. The number of nitrogens with zero attached hydrogens (tertiary/aromatic N) is 2. The Kier molecular flexibility index (Phi) is 5.40. The number of hydrogen-bond donors (Lipinski definition) is 1. The maximum Gasteiger partial charge on any atom is 0.135 e. The molecule has 106 valence electrons. The molecule has 1 heterocycles. The van der Waals surface area contributed by atoms with Crippen LogP contribution in [0.15, 0.2) is 6.07 Å². The van der Waals surface area contributed by atoms with Crippen molar-refractivity contribution in [3.8, 4) is 0 Å². The van der Waals surface area contributed by atoms with Crippen molar-refractivity contribution in [2.24, 2.45) is 0 Å². The van der Waals surface area contributed by atoms with Gasteiger partial charge in [0.25, 0.3) is 0 Å². The topological polar surface area (TPSA) is 47.0 Å². The second kappa shape index (κ2) is 7.06. The second-order valence-corrected chi connectivity index (χ2v) is 5.65. The van der Waals surface area contributed by atoms with Crippen LogP contribution in [0.1, 0.15) is 51.3 Å². The highest BCUT2D eigenvalue weighted by Gasteiger charge is 2.27. The van der Waals surface area contributed by atoms with E-state index in [1.807, 2.05) is 0 Å². The molecule has 2 rings (SSSR count). The first-order valence-corrected chi connectivity index (χ1v) is 7.43. The summed E-state index contributed by atoms with van der Waals surface area (Å²) in [5, 5.41) is 3.84. The molecule has 1 fully saturated rings. The fourth-order valence-corrected chi connectivity index (χ4v) is 2.00. The molecule has 0 bridgehead atoms. The van der Waals surface area contributed by atoms with Gasteiger partial charge in [-0.2, -0.15) is 0 Å². The highest BCUT2D eigenvalue weighted by molar-refractivity contribution is 6.29. The van der Waals surface area contributed by atoms with Crippen LogP contribution in [0.3, 0.4) is 0 Å². The maximum absolute atomic E-state index is 6.01. The molecule has 1 aliphatic rings. The summed E-state index contributed by atoms with van der Waals surface area (Å²) in [5.41, 5.74) is 0. The van der Waals surface area contributed by atoms with Gasteiger partial charge in [0.05, 0.1) is 6.10 Å². The normalized spacial score (nSPS) is 14.9. The standard InChI is InChI=1S/C14H22ClN3O/c1-10(2)19-8-4-3-7-16-13-9-12(15)17-14(18-13)11-5-6-11/h9-11H,3-8H2,1-2H3,(H,16,17,18). The van der Waals surface area contributed by atoms with E-state index in [1.165, 1.54) is 12.8 Å². The van der Waals surface area contributed by atoms with Crippen LogP contribution in [0.25, 0.3) is 0 Å². The van der Waals surface area contributed by atoms with Gasteiger partial charge in [0.2, 0.25) is 0 Å². The first-order valence-electron chi connectivity index (χ1n) is 7.05. The minimum atomic E-state index is 0.315. The molecule has 4 nitrogen and oxygen atoms in total. The predicted molar refractivity (Wildman–Crippen MR) is 77.8 cm³/mol. The fraction of sp³-hybridized carbons (Fsp3) is 0.714. The lowest BCUT2D eigenvalue weighted by molar-refractivity contribution is 0.0765. The molecule has 0 unspecified atom stereocenters. The summed E-state index contributed by atoms with van der Waals surface area (Å²) in [5.74, 6) is 2.25. The van der Waals surface area contributed by atoms with Crippen LogP contribution < -0.4 is 5.32 Å². The molecule has 0 amide bonds. The molecule has 0 aliphatic heterocycles. The van der Waals surface area contributed by atoms with Crippen molar-refractivity contribution in [1.29, 1.82) is 0 Å². The molecule has 5 heteroatoms. The zero-order chi connectivity index (χ0) is 13.7. The molecule has 1 aliphatic carbocycles. The van der Waals surface area contributed by atoms with Crippen LogP contribution in [0.5, 0.6) is 0 Å². The second-order valence-electron chi connectivity index (χ2n) is 5.26. The molecule has 1 aromatic rings. The minimum Gasteiger partial charge on any atom is -0.379 e. The van der Waals surface area contributed by atoms with Crippen molar-refractivity contribution >= 4 is 17.4 Å². The Morgan fingerprint density at radius 1 is 1.37 bits per heavy atom. The first-order chi connectivity index (χ1) is 9.15. The number of nitrogens with one attached hydrogen (secondary N) is 1. The van der Waals surface area contributed by atoms with E-state index in [4.69, 9.17) is 16.3 Å². The van der Waals surface area contributed by atoms with E-state index in [1.54, 1.807) is 6.07 Å². The molecular weight excluding hydrogens is 262 g/mol. The van der Waals surface area contributed by atoms with E-state index >= 15 is 0 Å².